The Morgan fingerprint density at radius 2 is 2.00 bits per heavy atom. The second kappa shape index (κ2) is 4.35. The molecule has 0 spiro atoms. The number of hydrogen-bond acceptors (Lipinski definition) is 2. The molecule has 1 aromatic carbocycles. The summed E-state index contributed by atoms with van der Waals surface area (Å²) in [5.74, 6) is 0. The maximum Gasteiger partial charge on any atom is 0.416 e. The van der Waals surface area contributed by atoms with Crippen LogP contribution in [0.5, 0.6) is 0 Å². The maximum atomic E-state index is 12.5. The molecule has 0 saturated carbocycles. The van der Waals surface area contributed by atoms with Crippen LogP contribution in [-0.4, -0.2) is 10.2 Å². The SMILES string of the molecule is N#Cc1[nH]ncc1-c1ccc(C(F)(F)F)cc1Cl. The third kappa shape index (κ3) is 2.17. The monoisotopic (exact) mass is 271 g/mol. The van der Waals surface area contributed by atoms with Gasteiger partial charge in [0.25, 0.3) is 0 Å². The first-order valence-electron chi connectivity index (χ1n) is 4.74. The van der Waals surface area contributed by atoms with Gasteiger partial charge < -0.3 is 0 Å². The summed E-state index contributed by atoms with van der Waals surface area (Å²) in [7, 11) is 0. The second-order valence-corrected chi connectivity index (χ2v) is 3.87. The van der Waals surface area contributed by atoms with Crippen LogP contribution in [0.4, 0.5) is 13.2 Å². The number of aromatic nitrogens is 2. The van der Waals surface area contributed by atoms with Crippen LogP contribution in [0.2, 0.25) is 5.02 Å². The molecule has 0 bridgehead atoms. The molecule has 18 heavy (non-hydrogen) atoms. The summed E-state index contributed by atoms with van der Waals surface area (Å²) in [6.45, 7) is 0. The van der Waals surface area contributed by atoms with Gasteiger partial charge in [-0.25, -0.2) is 0 Å². The van der Waals surface area contributed by atoms with Crippen LogP contribution in [0.15, 0.2) is 24.4 Å². The zero-order valence-corrected chi connectivity index (χ0v) is 9.47. The van der Waals surface area contributed by atoms with Crippen molar-refractivity contribution in [2.45, 2.75) is 6.18 Å². The van der Waals surface area contributed by atoms with Gasteiger partial charge in [-0.2, -0.15) is 23.5 Å². The minimum absolute atomic E-state index is 0.0808. The molecular weight excluding hydrogens is 267 g/mol. The van der Waals surface area contributed by atoms with Gasteiger partial charge in [0.05, 0.1) is 11.8 Å². The summed E-state index contributed by atoms with van der Waals surface area (Å²) in [4.78, 5) is 0. The lowest BCUT2D eigenvalue weighted by molar-refractivity contribution is -0.137. The minimum atomic E-state index is -4.45. The number of nitrogens with one attached hydrogen (secondary N) is 1. The van der Waals surface area contributed by atoms with Crippen molar-refractivity contribution in [3.05, 3.63) is 40.7 Å². The lowest BCUT2D eigenvalue weighted by Crippen LogP contribution is -2.04. The van der Waals surface area contributed by atoms with Gasteiger partial charge in [-0.15, -0.1) is 0 Å². The van der Waals surface area contributed by atoms with Crippen molar-refractivity contribution in [3.63, 3.8) is 0 Å². The fourth-order valence-corrected chi connectivity index (χ4v) is 1.77. The normalized spacial score (nSPS) is 11.3. The highest BCUT2D eigenvalue weighted by Gasteiger charge is 2.31. The van der Waals surface area contributed by atoms with E-state index in [1.807, 2.05) is 6.07 Å². The molecule has 1 N–H and O–H groups in total. The number of benzene rings is 1. The van der Waals surface area contributed by atoms with E-state index in [4.69, 9.17) is 16.9 Å². The molecule has 2 aromatic rings. The zero-order chi connectivity index (χ0) is 13.3. The molecule has 7 heteroatoms. The summed E-state index contributed by atoms with van der Waals surface area (Å²) in [6, 6.07) is 4.80. The third-order valence-electron chi connectivity index (χ3n) is 2.34. The summed E-state index contributed by atoms with van der Waals surface area (Å²) in [5.41, 5.74) is 0.0149. The summed E-state index contributed by atoms with van der Waals surface area (Å²) in [6.07, 6.45) is -3.11. The average Bonchev–Trinajstić information content (AvgIpc) is 2.75. The predicted molar refractivity (Wildman–Crippen MR) is 58.8 cm³/mol. The number of nitriles is 1. The second-order valence-electron chi connectivity index (χ2n) is 3.46. The summed E-state index contributed by atoms with van der Waals surface area (Å²) >= 11 is 5.80. The first-order chi connectivity index (χ1) is 8.43. The highest BCUT2D eigenvalue weighted by Crippen LogP contribution is 2.36. The Bertz CT molecular complexity index is 625. The summed E-state index contributed by atoms with van der Waals surface area (Å²) in [5, 5.41) is 14.8. The molecule has 1 heterocycles. The molecule has 0 amide bonds. The number of halogens is 4. The Hall–Kier alpha value is -2.00. The van der Waals surface area contributed by atoms with Gasteiger partial charge in [0.1, 0.15) is 11.8 Å². The minimum Gasteiger partial charge on any atom is -0.267 e. The Balaban J connectivity index is 2.53. The number of H-pyrrole nitrogens is 1. The van der Waals surface area contributed by atoms with Gasteiger partial charge >= 0.3 is 6.18 Å². The van der Waals surface area contributed by atoms with Gasteiger partial charge in [0.2, 0.25) is 0 Å². The van der Waals surface area contributed by atoms with Crippen LogP contribution in [0.25, 0.3) is 11.1 Å². The van der Waals surface area contributed by atoms with E-state index in [9.17, 15) is 13.2 Å². The molecule has 0 radical (unpaired) electrons. The van der Waals surface area contributed by atoms with E-state index < -0.39 is 11.7 Å². The van der Waals surface area contributed by atoms with Crippen molar-refractivity contribution in [1.29, 1.82) is 5.26 Å². The van der Waals surface area contributed by atoms with Crippen molar-refractivity contribution >= 4 is 11.6 Å². The fourth-order valence-electron chi connectivity index (χ4n) is 1.49. The molecule has 0 atom stereocenters. The standard InChI is InChI=1S/C11H5ClF3N3/c12-9-3-6(11(13,14)15)1-2-7(9)8-5-17-18-10(8)4-16/h1-3,5H,(H,17,18). The molecule has 0 aliphatic carbocycles. The highest BCUT2D eigenvalue weighted by atomic mass is 35.5. The van der Waals surface area contributed by atoms with E-state index >= 15 is 0 Å². The van der Waals surface area contributed by atoms with Crippen molar-refractivity contribution in [1.82, 2.24) is 10.2 Å². The van der Waals surface area contributed by atoms with Crippen LogP contribution in [-0.2, 0) is 6.18 Å². The smallest absolute Gasteiger partial charge is 0.267 e. The van der Waals surface area contributed by atoms with E-state index in [0.717, 1.165) is 12.1 Å². The Kier molecular flexibility index (Phi) is 3.01. The number of alkyl halides is 3. The van der Waals surface area contributed by atoms with E-state index in [1.54, 1.807) is 0 Å². The maximum absolute atomic E-state index is 12.5. The Labute approximate surface area is 105 Å². The number of rotatable bonds is 1. The predicted octanol–water partition coefficient (Wildman–Crippen LogP) is 3.62. The van der Waals surface area contributed by atoms with E-state index in [-0.39, 0.29) is 10.7 Å². The van der Waals surface area contributed by atoms with Crippen LogP contribution in [0.3, 0.4) is 0 Å². The number of aromatic amines is 1. The molecule has 0 saturated heterocycles. The van der Waals surface area contributed by atoms with Crippen LogP contribution in [0, 0.1) is 11.3 Å². The molecule has 2 rings (SSSR count). The highest BCUT2D eigenvalue weighted by molar-refractivity contribution is 6.33. The average molecular weight is 272 g/mol. The molecule has 0 aliphatic heterocycles. The lowest BCUT2D eigenvalue weighted by atomic mass is 10.0. The van der Waals surface area contributed by atoms with Crippen molar-refractivity contribution < 1.29 is 13.2 Å². The van der Waals surface area contributed by atoms with Crippen molar-refractivity contribution in [2.75, 3.05) is 0 Å². The van der Waals surface area contributed by atoms with Crippen LogP contribution in [0.1, 0.15) is 11.3 Å². The van der Waals surface area contributed by atoms with Crippen molar-refractivity contribution in [3.8, 4) is 17.2 Å². The first-order valence-corrected chi connectivity index (χ1v) is 5.12. The number of nitrogens with zero attached hydrogens (tertiary/aromatic N) is 2. The summed E-state index contributed by atoms with van der Waals surface area (Å²) < 4.78 is 37.4. The fraction of sp³-hybridized carbons (Fsp3) is 0.0909. The topological polar surface area (TPSA) is 52.5 Å². The van der Waals surface area contributed by atoms with Crippen molar-refractivity contribution in [2.24, 2.45) is 0 Å². The van der Waals surface area contributed by atoms with E-state index in [2.05, 4.69) is 10.2 Å². The molecule has 3 nitrogen and oxygen atoms in total. The lowest BCUT2D eigenvalue weighted by Gasteiger charge is -2.09. The van der Waals surface area contributed by atoms with Gasteiger partial charge in [-0.05, 0) is 12.1 Å². The largest absolute Gasteiger partial charge is 0.416 e. The molecular formula is C11H5ClF3N3. The quantitative estimate of drug-likeness (QED) is 0.861. The van der Waals surface area contributed by atoms with Gasteiger partial charge in [0.15, 0.2) is 0 Å². The molecule has 1 aromatic heterocycles. The third-order valence-corrected chi connectivity index (χ3v) is 2.65. The van der Waals surface area contributed by atoms with Gasteiger partial charge in [0, 0.05) is 16.1 Å². The van der Waals surface area contributed by atoms with Gasteiger partial charge in [-0.3, -0.25) is 5.10 Å². The van der Waals surface area contributed by atoms with Crippen LogP contribution >= 0.6 is 11.6 Å². The molecule has 92 valence electrons. The molecule has 0 fully saturated rings. The zero-order valence-electron chi connectivity index (χ0n) is 8.72. The first kappa shape index (κ1) is 12.5. The Morgan fingerprint density at radius 3 is 2.56 bits per heavy atom. The molecule has 0 aliphatic rings. The van der Waals surface area contributed by atoms with E-state index in [0.29, 0.717) is 11.1 Å². The molecule has 0 unspecified atom stereocenters. The number of hydrogen-bond donors (Lipinski definition) is 1. The van der Waals surface area contributed by atoms with E-state index in [1.165, 1.54) is 12.3 Å². The Morgan fingerprint density at radius 1 is 1.28 bits per heavy atom. The van der Waals surface area contributed by atoms with Crippen LogP contribution < -0.4 is 0 Å². The van der Waals surface area contributed by atoms with Gasteiger partial charge in [-0.1, -0.05) is 17.7 Å².